The lowest BCUT2D eigenvalue weighted by Gasteiger charge is -2.14. The first-order valence-electron chi connectivity index (χ1n) is 8.91. The van der Waals surface area contributed by atoms with Crippen LogP contribution >= 0.6 is 0 Å². The number of aryl methyl sites for hydroxylation is 1. The van der Waals surface area contributed by atoms with Crippen molar-refractivity contribution in [2.45, 2.75) is 20.0 Å². The van der Waals surface area contributed by atoms with E-state index in [2.05, 4.69) is 10.6 Å². The number of hydrogen-bond donors (Lipinski definition) is 2. The Kier molecular flexibility index (Phi) is 7.67. The second-order valence-corrected chi connectivity index (χ2v) is 6.31. The Morgan fingerprint density at radius 3 is 2.62 bits per heavy atom. The number of nitrogens with one attached hydrogen (secondary N) is 2. The Hall–Kier alpha value is -3.46. The van der Waals surface area contributed by atoms with Gasteiger partial charge in [0.2, 0.25) is 0 Å². The molecule has 2 rings (SSSR count). The first kappa shape index (κ1) is 21.8. The summed E-state index contributed by atoms with van der Waals surface area (Å²) in [5.41, 5.74) is 1.52. The second-order valence-electron chi connectivity index (χ2n) is 6.31. The summed E-state index contributed by atoms with van der Waals surface area (Å²) in [4.78, 5) is 35.3. The number of benzene rings is 2. The number of hydrogen-bond acceptors (Lipinski definition) is 7. The van der Waals surface area contributed by atoms with Crippen molar-refractivity contribution in [2.75, 3.05) is 30.9 Å². The molecule has 0 fully saturated rings. The summed E-state index contributed by atoms with van der Waals surface area (Å²) in [6, 6.07) is 11.1. The van der Waals surface area contributed by atoms with Gasteiger partial charge in [-0.25, -0.2) is 4.79 Å². The standard InChI is InChI=1S/C20H23N3O6/c1-13-5-4-6-16(11-13)22-19(24)14(2)29-20(25)15-7-8-17(21-9-10-28-3)18(12-15)23(26)27/h4-8,11-12,14,21H,9-10H2,1-3H3,(H,22,24)/t14-/m0/s1. The molecule has 154 valence electrons. The summed E-state index contributed by atoms with van der Waals surface area (Å²) in [7, 11) is 1.52. The number of methoxy groups -OCH3 is 1. The molecular weight excluding hydrogens is 378 g/mol. The van der Waals surface area contributed by atoms with E-state index < -0.39 is 22.9 Å². The number of esters is 1. The summed E-state index contributed by atoms with van der Waals surface area (Å²) in [6.45, 7) is 4.06. The van der Waals surface area contributed by atoms with Gasteiger partial charge in [0.25, 0.3) is 11.6 Å². The van der Waals surface area contributed by atoms with Gasteiger partial charge in [-0.1, -0.05) is 12.1 Å². The number of nitrogens with zero attached hydrogens (tertiary/aromatic N) is 1. The number of anilines is 2. The lowest BCUT2D eigenvalue weighted by atomic mass is 10.1. The molecular formula is C20H23N3O6. The molecule has 1 amide bonds. The van der Waals surface area contributed by atoms with Crippen LogP contribution in [0.25, 0.3) is 0 Å². The molecule has 2 aromatic carbocycles. The van der Waals surface area contributed by atoms with Gasteiger partial charge in [0.1, 0.15) is 5.69 Å². The number of ether oxygens (including phenoxy) is 2. The molecule has 0 aromatic heterocycles. The number of amides is 1. The van der Waals surface area contributed by atoms with E-state index in [-0.39, 0.29) is 16.9 Å². The molecule has 9 heteroatoms. The fourth-order valence-corrected chi connectivity index (χ4v) is 2.50. The fraction of sp³-hybridized carbons (Fsp3) is 0.300. The van der Waals surface area contributed by atoms with Gasteiger partial charge in [0, 0.05) is 25.4 Å². The van der Waals surface area contributed by atoms with Crippen LogP contribution in [0.5, 0.6) is 0 Å². The van der Waals surface area contributed by atoms with Gasteiger partial charge in [-0.2, -0.15) is 0 Å². The molecule has 0 unspecified atom stereocenters. The van der Waals surface area contributed by atoms with Crippen LogP contribution in [0.15, 0.2) is 42.5 Å². The Morgan fingerprint density at radius 2 is 1.97 bits per heavy atom. The highest BCUT2D eigenvalue weighted by atomic mass is 16.6. The second kappa shape index (κ2) is 10.2. The van der Waals surface area contributed by atoms with Crippen molar-refractivity contribution in [3.8, 4) is 0 Å². The van der Waals surface area contributed by atoms with Crippen LogP contribution in [-0.4, -0.2) is 43.2 Å². The van der Waals surface area contributed by atoms with Gasteiger partial charge in [-0.05, 0) is 43.7 Å². The molecule has 0 aliphatic heterocycles. The van der Waals surface area contributed by atoms with E-state index in [0.29, 0.717) is 18.8 Å². The average Bonchev–Trinajstić information content (AvgIpc) is 2.68. The van der Waals surface area contributed by atoms with E-state index in [1.165, 1.54) is 26.2 Å². The minimum Gasteiger partial charge on any atom is -0.449 e. The number of carbonyl (C=O) groups is 2. The SMILES string of the molecule is COCCNc1ccc(C(=O)O[C@@H](C)C(=O)Nc2cccc(C)c2)cc1[N+](=O)[O-]. The highest BCUT2D eigenvalue weighted by Gasteiger charge is 2.22. The number of rotatable bonds is 9. The Balaban J connectivity index is 2.05. The molecule has 0 aliphatic carbocycles. The summed E-state index contributed by atoms with van der Waals surface area (Å²) in [6.07, 6.45) is -1.08. The van der Waals surface area contributed by atoms with Crippen LogP contribution in [0, 0.1) is 17.0 Å². The Bertz CT molecular complexity index is 900. The normalized spacial score (nSPS) is 11.4. The van der Waals surface area contributed by atoms with Crippen molar-refractivity contribution in [1.29, 1.82) is 0 Å². The monoisotopic (exact) mass is 401 g/mol. The lowest BCUT2D eigenvalue weighted by molar-refractivity contribution is -0.384. The molecule has 2 N–H and O–H groups in total. The summed E-state index contributed by atoms with van der Waals surface area (Å²) < 4.78 is 10.1. The summed E-state index contributed by atoms with van der Waals surface area (Å²) >= 11 is 0. The van der Waals surface area contributed by atoms with Crippen molar-refractivity contribution >= 4 is 28.9 Å². The Morgan fingerprint density at radius 1 is 1.21 bits per heavy atom. The molecule has 0 aliphatic rings. The van der Waals surface area contributed by atoms with Crippen molar-refractivity contribution in [3.05, 3.63) is 63.7 Å². The average molecular weight is 401 g/mol. The predicted octanol–water partition coefficient (Wildman–Crippen LogP) is 3.15. The first-order chi connectivity index (χ1) is 13.8. The van der Waals surface area contributed by atoms with Crippen LogP contribution < -0.4 is 10.6 Å². The van der Waals surface area contributed by atoms with Crippen LogP contribution in [0.4, 0.5) is 17.1 Å². The first-order valence-corrected chi connectivity index (χ1v) is 8.91. The van der Waals surface area contributed by atoms with E-state index in [0.717, 1.165) is 11.6 Å². The molecule has 29 heavy (non-hydrogen) atoms. The minimum absolute atomic E-state index is 0.0239. The molecule has 9 nitrogen and oxygen atoms in total. The third-order valence-electron chi connectivity index (χ3n) is 3.99. The van der Waals surface area contributed by atoms with E-state index in [4.69, 9.17) is 9.47 Å². The van der Waals surface area contributed by atoms with Crippen molar-refractivity contribution in [1.82, 2.24) is 0 Å². The smallest absolute Gasteiger partial charge is 0.339 e. The maximum absolute atomic E-state index is 12.3. The summed E-state index contributed by atoms with van der Waals surface area (Å²) in [5, 5.41) is 16.8. The van der Waals surface area contributed by atoms with Crippen LogP contribution in [-0.2, 0) is 14.3 Å². The number of carbonyl (C=O) groups excluding carboxylic acids is 2. The van der Waals surface area contributed by atoms with Crippen molar-refractivity contribution in [2.24, 2.45) is 0 Å². The van der Waals surface area contributed by atoms with Gasteiger partial charge in [-0.3, -0.25) is 14.9 Å². The van der Waals surface area contributed by atoms with Gasteiger partial charge in [0.05, 0.1) is 17.1 Å². The number of nitro benzene ring substituents is 1. The molecule has 0 heterocycles. The van der Waals surface area contributed by atoms with Gasteiger partial charge < -0.3 is 20.1 Å². The number of nitro groups is 1. The zero-order valence-electron chi connectivity index (χ0n) is 16.4. The maximum atomic E-state index is 12.3. The third-order valence-corrected chi connectivity index (χ3v) is 3.99. The fourth-order valence-electron chi connectivity index (χ4n) is 2.50. The maximum Gasteiger partial charge on any atom is 0.339 e. The van der Waals surface area contributed by atoms with Crippen LogP contribution in [0.3, 0.4) is 0 Å². The van der Waals surface area contributed by atoms with Gasteiger partial charge >= 0.3 is 5.97 Å². The highest BCUT2D eigenvalue weighted by Crippen LogP contribution is 2.26. The molecule has 0 radical (unpaired) electrons. The molecule has 1 atom stereocenters. The van der Waals surface area contributed by atoms with Gasteiger partial charge in [0.15, 0.2) is 6.10 Å². The largest absolute Gasteiger partial charge is 0.449 e. The zero-order valence-corrected chi connectivity index (χ0v) is 16.4. The highest BCUT2D eigenvalue weighted by molar-refractivity contribution is 5.97. The zero-order chi connectivity index (χ0) is 21.4. The van der Waals surface area contributed by atoms with E-state index in [9.17, 15) is 19.7 Å². The van der Waals surface area contributed by atoms with E-state index in [1.54, 1.807) is 18.2 Å². The minimum atomic E-state index is -1.08. The predicted molar refractivity (Wildman–Crippen MR) is 108 cm³/mol. The van der Waals surface area contributed by atoms with Crippen LogP contribution in [0.1, 0.15) is 22.8 Å². The molecule has 0 bridgehead atoms. The van der Waals surface area contributed by atoms with Crippen molar-refractivity contribution in [3.63, 3.8) is 0 Å². The van der Waals surface area contributed by atoms with Crippen molar-refractivity contribution < 1.29 is 24.0 Å². The molecule has 0 spiro atoms. The molecule has 0 saturated carbocycles. The summed E-state index contributed by atoms with van der Waals surface area (Å²) in [5.74, 6) is -1.33. The third kappa shape index (κ3) is 6.28. The molecule has 0 saturated heterocycles. The Labute approximate surface area is 168 Å². The van der Waals surface area contributed by atoms with Crippen LogP contribution in [0.2, 0.25) is 0 Å². The quantitative estimate of drug-likeness (QED) is 0.287. The molecule has 2 aromatic rings. The van der Waals surface area contributed by atoms with E-state index >= 15 is 0 Å². The van der Waals surface area contributed by atoms with Gasteiger partial charge in [-0.15, -0.1) is 0 Å². The van der Waals surface area contributed by atoms with E-state index in [1.807, 2.05) is 13.0 Å². The topological polar surface area (TPSA) is 120 Å². The lowest BCUT2D eigenvalue weighted by Crippen LogP contribution is -2.30.